The minimum atomic E-state index is -0.357. The molecule has 0 fully saturated rings. The van der Waals surface area contributed by atoms with E-state index in [1.54, 1.807) is 6.33 Å². The minimum Gasteiger partial charge on any atom is -0.315 e. The molecule has 1 aliphatic heterocycles. The summed E-state index contributed by atoms with van der Waals surface area (Å²) in [4.78, 5) is 2.40. The highest BCUT2D eigenvalue weighted by Gasteiger charge is 2.26. The Morgan fingerprint density at radius 1 is 1.45 bits per heavy atom. The molecule has 20 heavy (non-hydrogen) atoms. The first-order valence-corrected chi connectivity index (χ1v) is 7.48. The molecule has 0 bridgehead atoms. The number of nitrogens with one attached hydrogen (secondary N) is 1. The van der Waals surface area contributed by atoms with Gasteiger partial charge in [0, 0.05) is 13.1 Å². The number of hydrogen-bond donors (Lipinski definition) is 1. The Morgan fingerprint density at radius 2 is 2.30 bits per heavy atom. The van der Waals surface area contributed by atoms with Crippen molar-refractivity contribution in [1.82, 2.24) is 25.0 Å². The highest BCUT2D eigenvalue weighted by Crippen LogP contribution is 2.18. The first-order chi connectivity index (χ1) is 9.73. The van der Waals surface area contributed by atoms with Crippen molar-refractivity contribution in [3.05, 3.63) is 12.2 Å². The van der Waals surface area contributed by atoms with Crippen molar-refractivity contribution in [3.63, 3.8) is 0 Å². The molecule has 0 saturated carbocycles. The number of hydrogen-bond acceptors (Lipinski definition) is 5. The normalized spacial score (nSPS) is 18.2. The lowest BCUT2D eigenvalue weighted by Gasteiger charge is -2.30. The monoisotopic (exact) mass is 276 g/mol. The summed E-state index contributed by atoms with van der Waals surface area (Å²) in [6.45, 7) is 8.86. The molecule has 1 atom stereocenters. The fourth-order valence-electron chi connectivity index (χ4n) is 2.81. The third-order valence-electron chi connectivity index (χ3n) is 4.13. The Balaban J connectivity index is 1.80. The van der Waals surface area contributed by atoms with Crippen molar-refractivity contribution < 1.29 is 0 Å². The molecular weight excluding hydrogens is 252 g/mol. The van der Waals surface area contributed by atoms with Crippen LogP contribution in [0.2, 0.25) is 0 Å². The van der Waals surface area contributed by atoms with E-state index in [1.165, 1.54) is 0 Å². The van der Waals surface area contributed by atoms with Crippen molar-refractivity contribution in [1.29, 1.82) is 5.26 Å². The topological polar surface area (TPSA) is 69.8 Å². The van der Waals surface area contributed by atoms with Gasteiger partial charge in [0.05, 0.1) is 12.6 Å². The van der Waals surface area contributed by atoms with Crippen molar-refractivity contribution in [2.45, 2.75) is 51.7 Å². The van der Waals surface area contributed by atoms with E-state index in [-0.39, 0.29) is 5.54 Å². The molecule has 0 saturated heterocycles. The molecule has 1 aliphatic rings. The fourth-order valence-corrected chi connectivity index (χ4v) is 2.81. The van der Waals surface area contributed by atoms with E-state index in [4.69, 9.17) is 0 Å². The molecule has 6 heteroatoms. The van der Waals surface area contributed by atoms with Crippen LogP contribution in [0.3, 0.4) is 0 Å². The molecule has 1 aromatic heterocycles. The van der Waals surface area contributed by atoms with Crippen LogP contribution in [-0.2, 0) is 13.1 Å². The summed E-state index contributed by atoms with van der Waals surface area (Å²) in [6, 6.07) is 2.46. The highest BCUT2D eigenvalue weighted by atomic mass is 15.3. The first-order valence-electron chi connectivity index (χ1n) is 7.48. The van der Waals surface area contributed by atoms with Gasteiger partial charge in [0.2, 0.25) is 0 Å². The molecule has 6 nitrogen and oxygen atoms in total. The highest BCUT2D eigenvalue weighted by molar-refractivity contribution is 5.06. The second kappa shape index (κ2) is 6.82. The van der Waals surface area contributed by atoms with Crippen molar-refractivity contribution >= 4 is 0 Å². The second-order valence-electron chi connectivity index (χ2n) is 5.40. The minimum absolute atomic E-state index is 0.357. The lowest BCUT2D eigenvalue weighted by atomic mass is 9.92. The summed E-state index contributed by atoms with van der Waals surface area (Å²) in [5.74, 6) is 1.05. The molecule has 2 rings (SSSR count). The molecule has 0 amide bonds. The van der Waals surface area contributed by atoms with Gasteiger partial charge in [0.15, 0.2) is 0 Å². The van der Waals surface area contributed by atoms with Crippen molar-refractivity contribution in [2.75, 3.05) is 19.6 Å². The molecule has 110 valence electrons. The van der Waals surface area contributed by atoms with E-state index in [0.29, 0.717) is 0 Å². The van der Waals surface area contributed by atoms with Crippen LogP contribution in [0.5, 0.6) is 0 Å². The lowest BCUT2D eigenvalue weighted by molar-refractivity contribution is 0.205. The largest absolute Gasteiger partial charge is 0.315 e. The van der Waals surface area contributed by atoms with Gasteiger partial charge in [-0.1, -0.05) is 13.8 Å². The van der Waals surface area contributed by atoms with Crippen LogP contribution in [0.1, 0.15) is 38.9 Å². The third kappa shape index (κ3) is 3.35. The average Bonchev–Trinajstić information content (AvgIpc) is 2.94. The maximum atomic E-state index is 9.40. The van der Waals surface area contributed by atoms with Gasteiger partial charge in [0.25, 0.3) is 0 Å². The quantitative estimate of drug-likeness (QED) is 0.809. The Bertz CT molecular complexity index is 462. The third-order valence-corrected chi connectivity index (χ3v) is 4.13. The number of fused-ring (bicyclic) bond motifs is 1. The van der Waals surface area contributed by atoms with E-state index < -0.39 is 0 Å². The van der Waals surface area contributed by atoms with Crippen LogP contribution < -0.4 is 5.32 Å². The molecule has 1 N–H and O–H groups in total. The van der Waals surface area contributed by atoms with E-state index in [1.807, 2.05) is 0 Å². The lowest BCUT2D eigenvalue weighted by Crippen LogP contribution is -2.44. The van der Waals surface area contributed by atoms with Gasteiger partial charge in [-0.3, -0.25) is 10.2 Å². The zero-order valence-corrected chi connectivity index (χ0v) is 12.5. The standard InChI is InChI=1S/C14H24N6/c1-3-14(11-15,16-4-2)6-5-7-19-8-9-20-12-17-18-13(20)10-19/h12,16H,3-10H2,1-2H3. The molecular formula is C14H24N6. The van der Waals surface area contributed by atoms with E-state index in [2.05, 4.69) is 44.9 Å². The van der Waals surface area contributed by atoms with Gasteiger partial charge >= 0.3 is 0 Å². The van der Waals surface area contributed by atoms with Gasteiger partial charge < -0.3 is 4.57 Å². The zero-order chi connectivity index (χ0) is 14.4. The Labute approximate surface area is 120 Å². The van der Waals surface area contributed by atoms with Crippen LogP contribution in [0, 0.1) is 11.3 Å². The number of aromatic nitrogens is 3. The smallest absolute Gasteiger partial charge is 0.147 e. The summed E-state index contributed by atoms with van der Waals surface area (Å²) < 4.78 is 2.11. The summed E-state index contributed by atoms with van der Waals surface area (Å²) in [7, 11) is 0. The van der Waals surface area contributed by atoms with E-state index >= 15 is 0 Å². The maximum Gasteiger partial charge on any atom is 0.147 e. The molecule has 0 aromatic carbocycles. The Morgan fingerprint density at radius 3 is 3.00 bits per heavy atom. The van der Waals surface area contributed by atoms with Gasteiger partial charge in [-0.25, -0.2) is 0 Å². The van der Waals surface area contributed by atoms with E-state index in [9.17, 15) is 5.26 Å². The second-order valence-corrected chi connectivity index (χ2v) is 5.40. The zero-order valence-electron chi connectivity index (χ0n) is 12.5. The maximum absolute atomic E-state index is 9.40. The van der Waals surface area contributed by atoms with Crippen LogP contribution in [-0.4, -0.2) is 44.8 Å². The van der Waals surface area contributed by atoms with Crippen LogP contribution in [0.15, 0.2) is 6.33 Å². The van der Waals surface area contributed by atoms with Crippen LogP contribution >= 0.6 is 0 Å². The Kier molecular flexibility index (Phi) is 5.10. The predicted octanol–water partition coefficient (Wildman–Crippen LogP) is 1.16. The summed E-state index contributed by atoms with van der Waals surface area (Å²) in [5, 5.41) is 20.8. The fraction of sp³-hybridized carbons (Fsp3) is 0.786. The van der Waals surface area contributed by atoms with E-state index in [0.717, 1.165) is 57.8 Å². The molecule has 0 aliphatic carbocycles. The van der Waals surface area contributed by atoms with Gasteiger partial charge in [-0.2, -0.15) is 5.26 Å². The van der Waals surface area contributed by atoms with Gasteiger partial charge in [0.1, 0.15) is 17.7 Å². The number of nitriles is 1. The number of nitrogens with zero attached hydrogens (tertiary/aromatic N) is 5. The van der Waals surface area contributed by atoms with Crippen molar-refractivity contribution in [2.24, 2.45) is 0 Å². The predicted molar refractivity (Wildman–Crippen MR) is 76.8 cm³/mol. The summed E-state index contributed by atoms with van der Waals surface area (Å²) in [5.41, 5.74) is -0.357. The summed E-state index contributed by atoms with van der Waals surface area (Å²) >= 11 is 0. The molecule has 1 unspecified atom stereocenters. The average molecular weight is 276 g/mol. The van der Waals surface area contributed by atoms with Crippen molar-refractivity contribution in [3.8, 4) is 6.07 Å². The van der Waals surface area contributed by atoms with Gasteiger partial charge in [-0.05, 0) is 32.4 Å². The summed E-state index contributed by atoms with van der Waals surface area (Å²) in [6.07, 6.45) is 4.58. The first kappa shape index (κ1) is 14.9. The van der Waals surface area contributed by atoms with Gasteiger partial charge in [-0.15, -0.1) is 10.2 Å². The molecule has 0 radical (unpaired) electrons. The molecule has 1 aromatic rings. The number of rotatable bonds is 7. The Hall–Kier alpha value is -1.45. The molecule has 0 spiro atoms. The molecule has 2 heterocycles. The SMILES string of the molecule is CCNC(C#N)(CC)CCCN1CCn2cnnc2C1. The van der Waals surface area contributed by atoms with Crippen LogP contribution in [0.25, 0.3) is 0 Å². The van der Waals surface area contributed by atoms with Crippen LogP contribution in [0.4, 0.5) is 0 Å².